The number of aliphatic hydroxyl groups is 1. The summed E-state index contributed by atoms with van der Waals surface area (Å²) in [6.45, 7) is 27.9. The third-order valence-corrected chi connectivity index (χ3v) is 16.9. The minimum Gasteiger partial charge on any atom is -0.508 e. The summed E-state index contributed by atoms with van der Waals surface area (Å²) < 4.78 is 0. The van der Waals surface area contributed by atoms with Gasteiger partial charge in [0, 0.05) is 61.7 Å². The summed E-state index contributed by atoms with van der Waals surface area (Å²) in [5.74, 6) is -8.83. The third kappa shape index (κ3) is 23.3. The minimum atomic E-state index is -1.63. The molecule has 12 atom stereocenters. The van der Waals surface area contributed by atoms with Gasteiger partial charge < -0.3 is 66.2 Å². The number of amides is 11. The summed E-state index contributed by atoms with van der Waals surface area (Å²) in [7, 11) is 9.95. The highest BCUT2D eigenvalue weighted by Gasteiger charge is 2.45. The molecule has 0 bridgehead atoms. The van der Waals surface area contributed by atoms with E-state index in [0.29, 0.717) is 18.4 Å². The molecule has 1 aromatic rings. The summed E-state index contributed by atoms with van der Waals surface area (Å²) in [4.78, 5) is 164. The van der Waals surface area contributed by atoms with Crippen molar-refractivity contribution in [3.8, 4) is 5.75 Å². The Morgan fingerprint density at radius 1 is 0.511 bits per heavy atom. The lowest BCUT2D eigenvalue weighted by Gasteiger charge is -2.41. The number of primary amides is 1. The van der Waals surface area contributed by atoms with E-state index < -0.39 is 138 Å². The molecule has 7 N–H and O–H groups in total. The molecule has 0 aliphatic heterocycles. The lowest BCUT2D eigenvalue weighted by Crippen LogP contribution is -2.63. The maximum Gasteiger partial charge on any atom is 0.246 e. The molecule has 1 rings (SSSR count). The SMILES string of the molecule is C/C=C/C[C@@H](C)[C@H](O)C(C(=O)N[C@H](CC)C(=O)N(C)CC(=O)N(C)[C@@H](Cc1ccc(O)cc1)C(N)=O)N(C)C(=O)[C@@H](C(C)C)N(C)C(=O)[C@@H](CC(C)C)N(C)C(=O)[C@@H](CC(C)C)N(C)C(=O)[C@H](C)NC(=O)[C@@H](C)NC(=O)[C@H](CC(C)C)N(C)C(=O)[C@H](C)C(C)C. The number of phenolic OH excluding ortho intramolecular Hbond substituents is 1. The summed E-state index contributed by atoms with van der Waals surface area (Å²) in [6.07, 6.45) is 3.02. The Labute approximate surface area is 536 Å². The Balaban J connectivity index is 3.62. The number of aliphatic hydroxyl groups excluding tert-OH is 1. The van der Waals surface area contributed by atoms with Gasteiger partial charge in [-0.25, -0.2) is 0 Å². The number of likely N-dealkylation sites (N-methyl/N-ethyl adjacent to an activating group) is 7. The summed E-state index contributed by atoms with van der Waals surface area (Å²) in [5.41, 5.74) is 6.32. The second kappa shape index (κ2) is 37.3. The summed E-state index contributed by atoms with van der Waals surface area (Å²) in [5, 5.41) is 29.9. The summed E-state index contributed by atoms with van der Waals surface area (Å²) in [6, 6.07) is -4.73. The van der Waals surface area contributed by atoms with Gasteiger partial charge in [0.15, 0.2) is 0 Å². The smallest absolute Gasteiger partial charge is 0.246 e. The highest BCUT2D eigenvalue weighted by atomic mass is 16.3. The van der Waals surface area contributed by atoms with Gasteiger partial charge >= 0.3 is 0 Å². The van der Waals surface area contributed by atoms with Crippen molar-refractivity contribution in [3.05, 3.63) is 42.0 Å². The highest BCUT2D eigenvalue weighted by Crippen LogP contribution is 2.26. The first-order valence-corrected chi connectivity index (χ1v) is 31.7. The highest BCUT2D eigenvalue weighted by molar-refractivity contribution is 5.99. The van der Waals surface area contributed by atoms with E-state index in [0.717, 1.165) is 14.7 Å². The number of benzene rings is 1. The molecular formula is C66H113N11O13. The molecule has 1 aromatic carbocycles. The molecule has 0 heterocycles. The zero-order valence-electron chi connectivity index (χ0n) is 58.3. The number of carbonyl (C=O) groups is 11. The molecule has 1 unspecified atom stereocenters. The fraction of sp³-hybridized carbons (Fsp3) is 0.712. The van der Waals surface area contributed by atoms with Crippen molar-refractivity contribution < 1.29 is 63.0 Å². The first-order valence-electron chi connectivity index (χ1n) is 31.7. The van der Waals surface area contributed by atoms with Crippen LogP contribution in [0.15, 0.2) is 36.4 Å². The van der Waals surface area contributed by atoms with E-state index >= 15 is 9.59 Å². The van der Waals surface area contributed by atoms with Crippen LogP contribution in [0.1, 0.15) is 148 Å². The number of nitrogens with zero attached hydrogens (tertiary/aromatic N) is 7. The van der Waals surface area contributed by atoms with E-state index in [1.807, 2.05) is 55.4 Å². The van der Waals surface area contributed by atoms with Crippen LogP contribution in [0.5, 0.6) is 5.75 Å². The van der Waals surface area contributed by atoms with Crippen molar-refractivity contribution in [2.24, 2.45) is 47.2 Å². The molecule has 0 spiro atoms. The van der Waals surface area contributed by atoms with Crippen LogP contribution in [0.25, 0.3) is 0 Å². The molecule has 0 saturated heterocycles. The molecule has 0 radical (unpaired) electrons. The Bertz CT molecular complexity index is 2610. The number of hydrogen-bond donors (Lipinski definition) is 6. The number of rotatable bonds is 36. The first-order chi connectivity index (χ1) is 41.6. The van der Waals surface area contributed by atoms with Gasteiger partial charge in [-0.15, -0.1) is 0 Å². The molecule has 0 aromatic heterocycles. The number of carbonyl (C=O) groups excluding carboxylic acids is 11. The van der Waals surface area contributed by atoms with E-state index in [-0.39, 0.29) is 66.9 Å². The maximum atomic E-state index is 15.2. The van der Waals surface area contributed by atoms with Crippen molar-refractivity contribution in [1.29, 1.82) is 0 Å². The van der Waals surface area contributed by atoms with Gasteiger partial charge in [0.05, 0.1) is 12.6 Å². The maximum absolute atomic E-state index is 15.2. The standard InChI is InChI=1S/C66H113N11O13/c1-24-26-27-42(13)56(80)55(60(84)70-48(25-2)63(87)71(17)36-53(79)72(18)49(57(67)81)35-46-28-30-47(78)31-29-46)77(23)66(90)54(41(11)12)76(22)65(89)52(34-39(7)8)75(21)64(88)51(33-38(5)6)74(20)62(86)45(16)69-58(82)44(15)68-59(83)50(32-37(3)4)73(19)61(85)43(14)40(9)10/h24,26,28-31,37-45,48-52,54-56,78,80H,25,27,32-36H2,1-23H3,(H2,67,81)(H,68,83)(H,69,82)(H,70,84)/b26-24+/t42-,43-,44-,45+,48-,49+,50+,51-,52-,54-,55?,56+/m1/s1. The van der Waals surface area contributed by atoms with Crippen molar-refractivity contribution in [2.45, 2.75) is 210 Å². The van der Waals surface area contributed by atoms with Gasteiger partial charge in [-0.2, -0.15) is 0 Å². The lowest BCUT2D eigenvalue weighted by atomic mass is 9.91. The van der Waals surface area contributed by atoms with Crippen molar-refractivity contribution in [2.75, 3.05) is 55.9 Å². The van der Waals surface area contributed by atoms with Gasteiger partial charge in [-0.3, -0.25) is 52.7 Å². The fourth-order valence-corrected chi connectivity index (χ4v) is 10.7. The van der Waals surface area contributed by atoms with Crippen molar-refractivity contribution >= 4 is 65.0 Å². The third-order valence-electron chi connectivity index (χ3n) is 16.9. The minimum absolute atomic E-state index is 0.0109. The molecule has 0 saturated carbocycles. The monoisotopic (exact) mass is 1270 g/mol. The number of nitrogens with one attached hydrogen (secondary N) is 3. The molecule has 24 heteroatoms. The number of allylic oxidation sites excluding steroid dienone is 2. The zero-order chi connectivity index (χ0) is 69.7. The average Bonchev–Trinajstić information content (AvgIpc) is 0.967. The molecule has 11 amide bonds. The number of phenols is 1. The Hall–Kier alpha value is -7.11. The van der Waals surface area contributed by atoms with Gasteiger partial charge in [0.1, 0.15) is 60.1 Å². The topological polar surface area (TPSA) is 313 Å². The van der Waals surface area contributed by atoms with Crippen LogP contribution in [0.3, 0.4) is 0 Å². The number of aromatic hydroxyl groups is 1. The van der Waals surface area contributed by atoms with Gasteiger partial charge in [0.2, 0.25) is 65.0 Å². The van der Waals surface area contributed by atoms with Crippen LogP contribution >= 0.6 is 0 Å². The van der Waals surface area contributed by atoms with Crippen LogP contribution in [0.4, 0.5) is 0 Å². The molecule has 90 heavy (non-hydrogen) atoms. The Morgan fingerprint density at radius 3 is 1.42 bits per heavy atom. The van der Waals surface area contributed by atoms with E-state index in [4.69, 9.17) is 5.73 Å². The van der Waals surface area contributed by atoms with Crippen molar-refractivity contribution in [1.82, 2.24) is 50.2 Å². The fourth-order valence-electron chi connectivity index (χ4n) is 10.7. The predicted octanol–water partition coefficient (Wildman–Crippen LogP) is 3.79. The molecule has 510 valence electrons. The van der Waals surface area contributed by atoms with Crippen LogP contribution in [0.2, 0.25) is 0 Å². The Morgan fingerprint density at radius 2 is 0.967 bits per heavy atom. The van der Waals surface area contributed by atoms with Gasteiger partial charge in [-0.1, -0.05) is 114 Å². The molecule has 0 aliphatic carbocycles. The largest absolute Gasteiger partial charge is 0.508 e. The number of hydrogen-bond acceptors (Lipinski definition) is 13. The molecular weight excluding hydrogens is 1150 g/mol. The first kappa shape index (κ1) is 80.9. The van der Waals surface area contributed by atoms with E-state index in [1.54, 1.807) is 72.9 Å². The van der Waals surface area contributed by atoms with E-state index in [2.05, 4.69) is 16.0 Å². The van der Waals surface area contributed by atoms with E-state index in [1.165, 1.54) is 87.9 Å². The second-order valence-electron chi connectivity index (χ2n) is 26.5. The summed E-state index contributed by atoms with van der Waals surface area (Å²) >= 11 is 0. The quantitative estimate of drug-likeness (QED) is 0.0522. The molecule has 24 nitrogen and oxygen atoms in total. The molecule has 0 aliphatic rings. The second-order valence-corrected chi connectivity index (χ2v) is 26.5. The average molecular weight is 1270 g/mol. The van der Waals surface area contributed by atoms with Crippen LogP contribution in [-0.2, 0) is 59.2 Å². The van der Waals surface area contributed by atoms with Crippen LogP contribution in [0, 0.1) is 41.4 Å². The van der Waals surface area contributed by atoms with Gasteiger partial charge in [0.25, 0.3) is 0 Å². The Kier molecular flexibility index (Phi) is 33.5. The normalized spacial score (nSPS) is 15.7. The lowest BCUT2D eigenvalue weighted by molar-refractivity contribution is -0.157. The van der Waals surface area contributed by atoms with Crippen LogP contribution < -0.4 is 21.7 Å². The van der Waals surface area contributed by atoms with Crippen molar-refractivity contribution in [3.63, 3.8) is 0 Å². The zero-order valence-corrected chi connectivity index (χ0v) is 58.3. The molecule has 0 fully saturated rings. The van der Waals surface area contributed by atoms with Gasteiger partial charge in [-0.05, 0) is 106 Å². The van der Waals surface area contributed by atoms with E-state index in [9.17, 15) is 53.4 Å². The van der Waals surface area contributed by atoms with Crippen LogP contribution in [-0.4, -0.2) is 226 Å². The predicted molar refractivity (Wildman–Crippen MR) is 347 cm³/mol. The number of nitrogens with two attached hydrogens (primary N) is 1.